The van der Waals surface area contributed by atoms with E-state index in [9.17, 15) is 0 Å². The van der Waals surface area contributed by atoms with Gasteiger partial charge in [0, 0.05) is 6.54 Å². The van der Waals surface area contributed by atoms with Gasteiger partial charge in [-0.3, -0.25) is 0 Å². The molecule has 0 atom stereocenters. The molecule has 0 heterocycles. The summed E-state index contributed by atoms with van der Waals surface area (Å²) >= 11 is 0. The molecule has 0 aromatic heterocycles. The van der Waals surface area contributed by atoms with E-state index in [4.69, 9.17) is 4.74 Å². The molecule has 0 fully saturated rings. The fourth-order valence-electron chi connectivity index (χ4n) is 1.49. The Kier molecular flexibility index (Phi) is 6.41. The number of ether oxygens (including phenoxy) is 1. The summed E-state index contributed by atoms with van der Waals surface area (Å²) in [6.45, 7) is 10.6. The molecule has 1 N–H and O–H groups in total. The van der Waals surface area contributed by atoms with Crippen LogP contribution in [0.1, 0.15) is 32.3 Å². The van der Waals surface area contributed by atoms with Gasteiger partial charge >= 0.3 is 0 Å². The van der Waals surface area contributed by atoms with Crippen LogP contribution in [0.2, 0.25) is 0 Å². The number of hydrogen-bond donors (Lipinski definition) is 1. The molecule has 0 saturated heterocycles. The third-order valence-electron chi connectivity index (χ3n) is 2.42. The smallest absolute Gasteiger partial charge is 0.120 e. The van der Waals surface area contributed by atoms with Crippen molar-refractivity contribution in [1.29, 1.82) is 0 Å². The highest BCUT2D eigenvalue weighted by molar-refractivity contribution is 5.28. The van der Waals surface area contributed by atoms with Gasteiger partial charge in [-0.1, -0.05) is 32.1 Å². The summed E-state index contributed by atoms with van der Waals surface area (Å²) in [5.41, 5.74) is 2.30. The van der Waals surface area contributed by atoms with E-state index >= 15 is 0 Å². The van der Waals surface area contributed by atoms with Crippen LogP contribution in [-0.2, 0) is 6.54 Å². The number of hydrogen-bond acceptors (Lipinski definition) is 2. The molecule has 0 saturated carbocycles. The van der Waals surface area contributed by atoms with E-state index in [1.807, 2.05) is 19.1 Å². The summed E-state index contributed by atoms with van der Waals surface area (Å²) in [6.07, 6.45) is 2.46. The standard InChI is InChI=1S/C15H23NO/c1-4-5-9-16-11-14-7-6-8-15(10-14)17-12-13(2)3/h6-8,10,16H,2,4-5,9,11-12H2,1,3H3. The van der Waals surface area contributed by atoms with Gasteiger partial charge in [0.25, 0.3) is 0 Å². The third kappa shape index (κ3) is 6.12. The first kappa shape index (κ1) is 13.8. The Labute approximate surface area is 105 Å². The van der Waals surface area contributed by atoms with Crippen LogP contribution in [0, 0.1) is 0 Å². The van der Waals surface area contributed by atoms with Crippen molar-refractivity contribution in [2.24, 2.45) is 0 Å². The van der Waals surface area contributed by atoms with Gasteiger partial charge < -0.3 is 10.1 Å². The fraction of sp³-hybridized carbons (Fsp3) is 0.467. The predicted molar refractivity (Wildman–Crippen MR) is 73.4 cm³/mol. The van der Waals surface area contributed by atoms with Crippen molar-refractivity contribution < 1.29 is 4.74 Å². The lowest BCUT2D eigenvalue weighted by Gasteiger charge is -2.08. The zero-order chi connectivity index (χ0) is 12.5. The average Bonchev–Trinajstić information content (AvgIpc) is 2.33. The van der Waals surface area contributed by atoms with Gasteiger partial charge in [0.05, 0.1) is 0 Å². The Morgan fingerprint density at radius 3 is 2.94 bits per heavy atom. The van der Waals surface area contributed by atoms with Gasteiger partial charge in [-0.15, -0.1) is 0 Å². The van der Waals surface area contributed by atoms with Crippen molar-refractivity contribution in [2.75, 3.05) is 13.2 Å². The van der Waals surface area contributed by atoms with Crippen LogP contribution < -0.4 is 10.1 Å². The Bertz CT molecular complexity index is 347. The number of rotatable bonds is 8. The minimum Gasteiger partial charge on any atom is -0.489 e. The zero-order valence-electron chi connectivity index (χ0n) is 11.0. The molecule has 1 aromatic rings. The predicted octanol–water partition coefficient (Wildman–Crippen LogP) is 3.53. The van der Waals surface area contributed by atoms with E-state index in [1.54, 1.807) is 0 Å². The maximum atomic E-state index is 5.61. The topological polar surface area (TPSA) is 21.3 Å². The first-order chi connectivity index (χ1) is 8.22. The summed E-state index contributed by atoms with van der Waals surface area (Å²) in [6, 6.07) is 8.22. The van der Waals surface area contributed by atoms with E-state index in [2.05, 4.69) is 31.0 Å². The maximum absolute atomic E-state index is 5.61. The fourth-order valence-corrected chi connectivity index (χ4v) is 1.49. The van der Waals surface area contributed by atoms with E-state index in [1.165, 1.54) is 18.4 Å². The van der Waals surface area contributed by atoms with E-state index in [0.29, 0.717) is 6.61 Å². The van der Waals surface area contributed by atoms with Gasteiger partial charge in [0.15, 0.2) is 0 Å². The Hall–Kier alpha value is -1.28. The molecule has 0 aliphatic rings. The van der Waals surface area contributed by atoms with Crippen molar-refractivity contribution in [1.82, 2.24) is 5.32 Å². The molecule has 0 spiro atoms. The lowest BCUT2D eigenvalue weighted by Crippen LogP contribution is -2.14. The van der Waals surface area contributed by atoms with Gasteiger partial charge in [-0.05, 0) is 43.2 Å². The number of unbranched alkanes of at least 4 members (excludes halogenated alkanes) is 1. The lowest BCUT2D eigenvalue weighted by atomic mass is 10.2. The third-order valence-corrected chi connectivity index (χ3v) is 2.42. The second-order valence-corrected chi connectivity index (χ2v) is 4.42. The Balaban J connectivity index is 2.39. The molecule has 0 radical (unpaired) electrons. The summed E-state index contributed by atoms with van der Waals surface area (Å²) in [5, 5.41) is 3.42. The molecule has 17 heavy (non-hydrogen) atoms. The molecule has 94 valence electrons. The number of nitrogens with one attached hydrogen (secondary N) is 1. The lowest BCUT2D eigenvalue weighted by molar-refractivity contribution is 0.352. The van der Waals surface area contributed by atoms with Crippen molar-refractivity contribution in [3.05, 3.63) is 42.0 Å². The molecule has 1 aromatic carbocycles. The maximum Gasteiger partial charge on any atom is 0.120 e. The highest BCUT2D eigenvalue weighted by atomic mass is 16.5. The Morgan fingerprint density at radius 1 is 1.41 bits per heavy atom. The van der Waals surface area contributed by atoms with Gasteiger partial charge in [0.1, 0.15) is 12.4 Å². The molecule has 0 unspecified atom stereocenters. The van der Waals surface area contributed by atoms with E-state index in [0.717, 1.165) is 24.4 Å². The summed E-state index contributed by atoms with van der Waals surface area (Å²) in [5.74, 6) is 0.919. The van der Waals surface area contributed by atoms with Crippen LogP contribution in [0.15, 0.2) is 36.4 Å². The molecule has 2 heteroatoms. The molecule has 0 aliphatic carbocycles. The summed E-state index contributed by atoms with van der Waals surface area (Å²) < 4.78 is 5.61. The van der Waals surface area contributed by atoms with Gasteiger partial charge in [-0.2, -0.15) is 0 Å². The molecule has 1 rings (SSSR count). The second-order valence-electron chi connectivity index (χ2n) is 4.42. The molecule has 2 nitrogen and oxygen atoms in total. The first-order valence-electron chi connectivity index (χ1n) is 6.29. The monoisotopic (exact) mass is 233 g/mol. The van der Waals surface area contributed by atoms with Crippen LogP contribution in [0.25, 0.3) is 0 Å². The van der Waals surface area contributed by atoms with Crippen LogP contribution in [0.5, 0.6) is 5.75 Å². The SMILES string of the molecule is C=C(C)COc1cccc(CNCCCC)c1. The van der Waals surface area contributed by atoms with E-state index in [-0.39, 0.29) is 0 Å². The highest BCUT2D eigenvalue weighted by Crippen LogP contribution is 2.13. The quantitative estimate of drug-likeness (QED) is 0.548. The van der Waals surface area contributed by atoms with Crippen molar-refractivity contribution in [3.63, 3.8) is 0 Å². The second kappa shape index (κ2) is 7.91. The van der Waals surface area contributed by atoms with Gasteiger partial charge in [0.2, 0.25) is 0 Å². The average molecular weight is 233 g/mol. The molecule has 0 amide bonds. The van der Waals surface area contributed by atoms with Crippen molar-refractivity contribution in [3.8, 4) is 5.75 Å². The van der Waals surface area contributed by atoms with Crippen LogP contribution in [-0.4, -0.2) is 13.2 Å². The van der Waals surface area contributed by atoms with E-state index < -0.39 is 0 Å². The Morgan fingerprint density at radius 2 is 2.24 bits per heavy atom. The molecular formula is C15H23NO. The van der Waals surface area contributed by atoms with Crippen molar-refractivity contribution in [2.45, 2.75) is 33.2 Å². The van der Waals surface area contributed by atoms with Crippen molar-refractivity contribution >= 4 is 0 Å². The summed E-state index contributed by atoms with van der Waals surface area (Å²) in [4.78, 5) is 0. The molecule has 0 aliphatic heterocycles. The van der Waals surface area contributed by atoms with Crippen LogP contribution >= 0.6 is 0 Å². The highest BCUT2D eigenvalue weighted by Gasteiger charge is 1.97. The van der Waals surface area contributed by atoms with Gasteiger partial charge in [-0.25, -0.2) is 0 Å². The molecular weight excluding hydrogens is 210 g/mol. The van der Waals surface area contributed by atoms with Crippen LogP contribution in [0.4, 0.5) is 0 Å². The zero-order valence-corrected chi connectivity index (χ0v) is 11.0. The normalized spacial score (nSPS) is 10.2. The minimum absolute atomic E-state index is 0.590. The van der Waals surface area contributed by atoms with Crippen LogP contribution in [0.3, 0.4) is 0 Å². The molecule has 0 bridgehead atoms. The number of benzene rings is 1. The first-order valence-corrected chi connectivity index (χ1v) is 6.29. The largest absolute Gasteiger partial charge is 0.489 e. The minimum atomic E-state index is 0.590. The summed E-state index contributed by atoms with van der Waals surface area (Å²) in [7, 11) is 0.